The second-order valence-electron chi connectivity index (χ2n) is 3.74. The Bertz CT molecular complexity index is 443. The van der Waals surface area contributed by atoms with Gasteiger partial charge >= 0.3 is 12.0 Å². The first kappa shape index (κ1) is 13.8. The van der Waals surface area contributed by atoms with Gasteiger partial charge in [0.05, 0.1) is 6.54 Å². The maximum Gasteiger partial charge on any atom is 0.333 e. The van der Waals surface area contributed by atoms with E-state index in [0.717, 1.165) is 0 Å². The maximum atomic E-state index is 11.3. The average Bonchev–Trinajstić information content (AvgIpc) is 2.34. The van der Waals surface area contributed by atoms with Crippen LogP contribution in [0.25, 0.3) is 0 Å². The first-order chi connectivity index (χ1) is 8.52. The van der Waals surface area contributed by atoms with Gasteiger partial charge in [0.25, 0.3) is 0 Å². The second kappa shape index (κ2) is 6.44. The third kappa shape index (κ3) is 3.93. The van der Waals surface area contributed by atoms with E-state index in [-0.39, 0.29) is 13.2 Å². The molecule has 0 unspecified atom stereocenters. The number of hydrogen-bond donors (Lipinski definition) is 1. The fraction of sp³-hybridized carbons (Fsp3) is 0.231. The van der Waals surface area contributed by atoms with Crippen molar-refractivity contribution in [3.05, 3.63) is 42.5 Å². The summed E-state index contributed by atoms with van der Waals surface area (Å²) >= 11 is 0. The largest absolute Gasteiger partial charge is 0.460 e. The molecule has 0 spiro atoms. The zero-order valence-electron chi connectivity index (χ0n) is 10.3. The molecule has 5 heteroatoms. The van der Waals surface area contributed by atoms with E-state index in [1.54, 1.807) is 31.2 Å². The number of anilines is 1. The first-order valence-corrected chi connectivity index (χ1v) is 5.47. The van der Waals surface area contributed by atoms with E-state index in [0.29, 0.717) is 11.3 Å². The van der Waals surface area contributed by atoms with E-state index in [4.69, 9.17) is 10.5 Å². The van der Waals surface area contributed by atoms with Crippen molar-refractivity contribution in [3.8, 4) is 0 Å². The summed E-state index contributed by atoms with van der Waals surface area (Å²) in [5, 5.41) is 0. The van der Waals surface area contributed by atoms with Crippen LogP contribution in [0, 0.1) is 0 Å². The smallest absolute Gasteiger partial charge is 0.333 e. The minimum absolute atomic E-state index is 0.0729. The van der Waals surface area contributed by atoms with Gasteiger partial charge in [0.1, 0.15) is 6.61 Å². The Kier molecular flexibility index (Phi) is 4.92. The summed E-state index contributed by atoms with van der Waals surface area (Å²) in [6.07, 6.45) is 0. The molecule has 0 saturated heterocycles. The van der Waals surface area contributed by atoms with E-state index in [1.807, 2.05) is 6.07 Å². The third-order valence-electron chi connectivity index (χ3n) is 2.23. The number of carbonyl (C=O) groups excluding carboxylic acids is 2. The molecule has 0 fully saturated rings. The number of hydrogen-bond acceptors (Lipinski definition) is 3. The van der Waals surface area contributed by atoms with Gasteiger partial charge in [-0.15, -0.1) is 0 Å². The van der Waals surface area contributed by atoms with Crippen LogP contribution in [0.1, 0.15) is 6.92 Å². The molecule has 1 aromatic carbocycles. The lowest BCUT2D eigenvalue weighted by atomic mass is 10.3. The Morgan fingerprint density at radius 3 is 2.44 bits per heavy atom. The molecule has 2 amide bonds. The Labute approximate surface area is 106 Å². The van der Waals surface area contributed by atoms with Crippen molar-refractivity contribution in [2.45, 2.75) is 6.92 Å². The summed E-state index contributed by atoms with van der Waals surface area (Å²) in [5.41, 5.74) is 6.26. The monoisotopic (exact) mass is 248 g/mol. The molecule has 0 saturated carbocycles. The normalized spacial score (nSPS) is 9.61. The molecule has 0 aliphatic rings. The van der Waals surface area contributed by atoms with Crippen molar-refractivity contribution in [2.75, 3.05) is 18.1 Å². The number of ether oxygens (including phenoxy) is 1. The zero-order chi connectivity index (χ0) is 13.5. The van der Waals surface area contributed by atoms with Gasteiger partial charge in [-0.25, -0.2) is 9.59 Å². The van der Waals surface area contributed by atoms with Gasteiger partial charge in [0.2, 0.25) is 0 Å². The number of nitrogens with two attached hydrogens (primary N) is 1. The van der Waals surface area contributed by atoms with Gasteiger partial charge in [-0.05, 0) is 19.1 Å². The summed E-state index contributed by atoms with van der Waals surface area (Å²) in [6, 6.07) is 8.35. The summed E-state index contributed by atoms with van der Waals surface area (Å²) in [7, 11) is 0. The van der Waals surface area contributed by atoms with Gasteiger partial charge in [-0.3, -0.25) is 4.90 Å². The number of primary amides is 1. The highest BCUT2D eigenvalue weighted by atomic mass is 16.5. The second-order valence-corrected chi connectivity index (χ2v) is 3.74. The minimum Gasteiger partial charge on any atom is -0.460 e. The van der Waals surface area contributed by atoms with Gasteiger partial charge in [-0.2, -0.15) is 0 Å². The molecule has 0 aliphatic heterocycles. The van der Waals surface area contributed by atoms with Gasteiger partial charge < -0.3 is 10.5 Å². The van der Waals surface area contributed by atoms with Crippen LogP contribution in [0.2, 0.25) is 0 Å². The molecular formula is C13H16N2O3. The fourth-order valence-corrected chi connectivity index (χ4v) is 1.33. The number of urea groups is 1. The van der Waals surface area contributed by atoms with Crippen LogP contribution < -0.4 is 10.6 Å². The molecule has 1 aromatic rings. The van der Waals surface area contributed by atoms with Crippen molar-refractivity contribution in [1.29, 1.82) is 0 Å². The van der Waals surface area contributed by atoms with Crippen molar-refractivity contribution < 1.29 is 14.3 Å². The van der Waals surface area contributed by atoms with E-state index in [1.165, 1.54) is 4.90 Å². The maximum absolute atomic E-state index is 11.3. The fourth-order valence-electron chi connectivity index (χ4n) is 1.33. The molecular weight excluding hydrogens is 232 g/mol. The molecule has 5 nitrogen and oxygen atoms in total. The lowest BCUT2D eigenvalue weighted by Crippen LogP contribution is -2.38. The van der Waals surface area contributed by atoms with Crippen LogP contribution in [-0.2, 0) is 9.53 Å². The lowest BCUT2D eigenvalue weighted by Gasteiger charge is -2.20. The van der Waals surface area contributed by atoms with E-state index < -0.39 is 12.0 Å². The third-order valence-corrected chi connectivity index (χ3v) is 2.23. The molecule has 0 atom stereocenters. The van der Waals surface area contributed by atoms with Gasteiger partial charge in [0.15, 0.2) is 0 Å². The van der Waals surface area contributed by atoms with Crippen LogP contribution in [-0.4, -0.2) is 25.2 Å². The van der Waals surface area contributed by atoms with Gasteiger partial charge in [0, 0.05) is 11.3 Å². The molecule has 0 heterocycles. The Morgan fingerprint density at radius 1 is 1.33 bits per heavy atom. The number of carbonyl (C=O) groups is 2. The van der Waals surface area contributed by atoms with Crippen LogP contribution in [0.4, 0.5) is 10.5 Å². The van der Waals surface area contributed by atoms with E-state index in [9.17, 15) is 9.59 Å². The quantitative estimate of drug-likeness (QED) is 0.636. The van der Waals surface area contributed by atoms with Crippen LogP contribution in [0.3, 0.4) is 0 Å². The van der Waals surface area contributed by atoms with Crippen molar-refractivity contribution in [2.24, 2.45) is 5.73 Å². The molecule has 2 N–H and O–H groups in total. The number of nitrogens with zero attached hydrogens (tertiary/aromatic N) is 1. The van der Waals surface area contributed by atoms with Crippen LogP contribution in [0.5, 0.6) is 0 Å². The molecule has 1 rings (SSSR count). The molecule has 18 heavy (non-hydrogen) atoms. The Morgan fingerprint density at radius 2 is 1.94 bits per heavy atom. The summed E-state index contributed by atoms with van der Waals surface area (Å²) in [6.45, 7) is 5.31. The van der Waals surface area contributed by atoms with Crippen molar-refractivity contribution >= 4 is 17.7 Å². The number of para-hydroxylation sites is 1. The van der Waals surface area contributed by atoms with Crippen molar-refractivity contribution in [1.82, 2.24) is 0 Å². The molecule has 0 radical (unpaired) electrons. The average molecular weight is 248 g/mol. The molecule has 0 bridgehead atoms. The highest BCUT2D eigenvalue weighted by Gasteiger charge is 2.12. The Hall–Kier alpha value is -2.30. The van der Waals surface area contributed by atoms with E-state index >= 15 is 0 Å². The SMILES string of the molecule is C=C(C)C(=O)OCCN(C(N)=O)c1ccccc1. The Balaban J connectivity index is 2.58. The van der Waals surface area contributed by atoms with Crippen LogP contribution >= 0.6 is 0 Å². The number of amides is 2. The topological polar surface area (TPSA) is 72.6 Å². The standard InChI is InChI=1S/C13H16N2O3/c1-10(2)12(16)18-9-8-15(13(14)17)11-6-4-3-5-7-11/h3-7H,1,8-9H2,2H3,(H2,14,17). The highest BCUT2D eigenvalue weighted by molar-refractivity contribution is 5.90. The molecule has 0 aromatic heterocycles. The molecule has 96 valence electrons. The summed E-state index contributed by atoms with van der Waals surface area (Å²) in [5.74, 6) is -0.479. The summed E-state index contributed by atoms with van der Waals surface area (Å²) < 4.78 is 4.92. The predicted octanol–water partition coefficient (Wildman–Crippen LogP) is 1.69. The highest BCUT2D eigenvalue weighted by Crippen LogP contribution is 2.12. The van der Waals surface area contributed by atoms with Gasteiger partial charge in [-0.1, -0.05) is 24.8 Å². The predicted molar refractivity (Wildman–Crippen MR) is 69.1 cm³/mol. The lowest BCUT2D eigenvalue weighted by molar-refractivity contribution is -0.138. The first-order valence-electron chi connectivity index (χ1n) is 5.47. The summed E-state index contributed by atoms with van der Waals surface area (Å²) in [4.78, 5) is 23.8. The van der Waals surface area contributed by atoms with Crippen molar-refractivity contribution in [3.63, 3.8) is 0 Å². The van der Waals surface area contributed by atoms with Crippen LogP contribution in [0.15, 0.2) is 42.5 Å². The minimum atomic E-state index is -0.590. The number of esters is 1. The number of rotatable bonds is 5. The molecule has 0 aliphatic carbocycles. The van der Waals surface area contributed by atoms with E-state index in [2.05, 4.69) is 6.58 Å². The number of benzene rings is 1. The zero-order valence-corrected chi connectivity index (χ0v) is 10.3.